The Labute approximate surface area is 159 Å². The van der Waals surface area contributed by atoms with Crippen LogP contribution in [0.4, 0.5) is 5.95 Å². The molecule has 2 aliphatic heterocycles. The fourth-order valence-electron chi connectivity index (χ4n) is 3.56. The van der Waals surface area contributed by atoms with Gasteiger partial charge in [-0.3, -0.25) is 0 Å². The van der Waals surface area contributed by atoms with Gasteiger partial charge in [0, 0.05) is 24.7 Å². The van der Waals surface area contributed by atoms with Crippen LogP contribution >= 0.6 is 23.2 Å². The van der Waals surface area contributed by atoms with Gasteiger partial charge in [-0.25, -0.2) is 14.6 Å². The average molecular weight is 389 g/mol. The minimum atomic E-state index is -0.00539. The Balaban J connectivity index is 1.47. The zero-order chi connectivity index (χ0) is 17.7. The monoisotopic (exact) mass is 388 g/mol. The Kier molecular flexibility index (Phi) is 3.81. The third-order valence-electron chi connectivity index (χ3n) is 4.76. The average Bonchev–Trinajstić information content (AvgIpc) is 3.25. The quantitative estimate of drug-likeness (QED) is 0.628. The van der Waals surface area contributed by atoms with E-state index in [1.54, 1.807) is 0 Å². The zero-order valence-electron chi connectivity index (χ0n) is 13.6. The maximum Gasteiger partial charge on any atom is 0.228 e. The van der Waals surface area contributed by atoms with Crippen molar-refractivity contribution in [3.05, 3.63) is 52.4 Å². The first-order valence-corrected chi connectivity index (χ1v) is 9.01. The van der Waals surface area contributed by atoms with E-state index in [1.807, 2.05) is 39.9 Å². The van der Waals surface area contributed by atoms with Crippen LogP contribution in [0.1, 0.15) is 11.7 Å². The molecule has 0 spiro atoms. The van der Waals surface area contributed by atoms with E-state index in [2.05, 4.69) is 20.3 Å². The van der Waals surface area contributed by atoms with Crippen molar-refractivity contribution >= 4 is 29.2 Å². The van der Waals surface area contributed by atoms with E-state index in [1.165, 1.54) is 6.07 Å². The van der Waals surface area contributed by atoms with Crippen molar-refractivity contribution in [2.45, 2.75) is 18.8 Å². The first-order chi connectivity index (χ1) is 12.7. The molecule has 7 nitrogen and oxygen atoms in total. The second kappa shape index (κ2) is 6.19. The topological polar surface area (TPSA) is 69.0 Å². The minimum Gasteiger partial charge on any atom is -0.368 e. The lowest BCUT2D eigenvalue weighted by molar-refractivity contribution is -0.00227. The second-order valence-corrected chi connectivity index (χ2v) is 7.11. The Hall–Kier alpha value is -2.22. The summed E-state index contributed by atoms with van der Waals surface area (Å²) in [6, 6.07) is 11.6. The van der Waals surface area contributed by atoms with Gasteiger partial charge in [-0.05, 0) is 0 Å². The summed E-state index contributed by atoms with van der Waals surface area (Å²) in [5.41, 5.74) is 2.89. The van der Waals surface area contributed by atoms with E-state index in [-0.39, 0.29) is 12.1 Å². The van der Waals surface area contributed by atoms with Crippen LogP contribution in [-0.4, -0.2) is 44.2 Å². The van der Waals surface area contributed by atoms with Crippen LogP contribution in [0, 0.1) is 0 Å². The van der Waals surface area contributed by atoms with E-state index in [0.29, 0.717) is 36.0 Å². The van der Waals surface area contributed by atoms with E-state index >= 15 is 0 Å². The molecule has 1 fully saturated rings. The molecule has 0 N–H and O–H groups in total. The molecule has 0 bridgehead atoms. The highest BCUT2D eigenvalue weighted by atomic mass is 35.5. The maximum atomic E-state index is 6.10. The first kappa shape index (κ1) is 16.0. The third kappa shape index (κ3) is 2.63. The largest absolute Gasteiger partial charge is 0.368 e. The number of hydrogen-bond acceptors (Lipinski definition) is 6. The van der Waals surface area contributed by atoms with Gasteiger partial charge in [-0.15, -0.1) is 5.10 Å². The molecule has 0 radical (unpaired) electrons. The summed E-state index contributed by atoms with van der Waals surface area (Å²) < 4.78 is 8.07. The Morgan fingerprint density at radius 2 is 1.81 bits per heavy atom. The van der Waals surface area contributed by atoms with Gasteiger partial charge in [0.2, 0.25) is 5.95 Å². The van der Waals surface area contributed by atoms with Gasteiger partial charge in [0.05, 0.1) is 24.4 Å². The number of nitrogens with zero attached hydrogens (tertiary/aromatic N) is 6. The molecule has 2 atom stereocenters. The second-order valence-electron chi connectivity index (χ2n) is 6.33. The molecule has 1 saturated heterocycles. The summed E-state index contributed by atoms with van der Waals surface area (Å²) in [7, 11) is 0. The molecule has 2 aromatic heterocycles. The number of hydrogen-bond donors (Lipinski definition) is 0. The normalized spacial score (nSPS) is 21.5. The molecular weight excluding hydrogens is 375 g/mol. The number of anilines is 1. The van der Waals surface area contributed by atoms with Crippen LogP contribution < -0.4 is 4.90 Å². The SMILES string of the molecule is Clc1cc(Cl)nc(N2CC3OCc4c(-c5ccccc5)nnn4[C@@H]3C2)n1. The summed E-state index contributed by atoms with van der Waals surface area (Å²) >= 11 is 12.0. The number of ether oxygens (including phenoxy) is 1. The van der Waals surface area contributed by atoms with Crippen LogP contribution in [0.5, 0.6) is 0 Å². The van der Waals surface area contributed by atoms with E-state index in [0.717, 1.165) is 17.0 Å². The van der Waals surface area contributed by atoms with E-state index < -0.39 is 0 Å². The van der Waals surface area contributed by atoms with Crippen LogP contribution in [0.3, 0.4) is 0 Å². The lowest BCUT2D eigenvalue weighted by Gasteiger charge is -2.26. The van der Waals surface area contributed by atoms with Gasteiger partial charge in [-0.2, -0.15) is 0 Å². The number of aromatic nitrogens is 5. The fraction of sp³-hybridized carbons (Fsp3) is 0.294. The molecule has 0 aliphatic carbocycles. The maximum absolute atomic E-state index is 6.10. The zero-order valence-corrected chi connectivity index (χ0v) is 15.1. The third-order valence-corrected chi connectivity index (χ3v) is 5.15. The predicted octanol–water partition coefficient (Wildman–Crippen LogP) is 3.00. The summed E-state index contributed by atoms with van der Waals surface area (Å²) in [6.45, 7) is 1.79. The predicted molar refractivity (Wildman–Crippen MR) is 97.3 cm³/mol. The minimum absolute atomic E-state index is 0.00539. The van der Waals surface area contributed by atoms with Crippen LogP contribution in [-0.2, 0) is 11.3 Å². The number of benzene rings is 1. The molecule has 1 unspecified atom stereocenters. The molecule has 4 heterocycles. The Morgan fingerprint density at radius 3 is 2.58 bits per heavy atom. The summed E-state index contributed by atoms with van der Waals surface area (Å²) in [5.74, 6) is 0.505. The standard InChI is InChI=1S/C17H14Cl2N6O/c18-14-6-15(19)21-17(20-14)24-7-11-13(8-24)26-9-12-16(22-23-25(11)12)10-4-2-1-3-5-10/h1-6,11,13H,7-9H2/t11-,13?/m1/s1. The highest BCUT2D eigenvalue weighted by Crippen LogP contribution is 2.35. The van der Waals surface area contributed by atoms with Crippen LogP contribution in [0.2, 0.25) is 10.3 Å². The molecule has 0 saturated carbocycles. The number of fused-ring (bicyclic) bond motifs is 3. The van der Waals surface area contributed by atoms with Gasteiger partial charge in [0.15, 0.2) is 0 Å². The molecule has 132 valence electrons. The lowest BCUT2D eigenvalue weighted by Crippen LogP contribution is -2.32. The summed E-state index contributed by atoms with van der Waals surface area (Å²) in [6.07, 6.45) is -0.00539. The highest BCUT2D eigenvalue weighted by Gasteiger charge is 2.41. The van der Waals surface area contributed by atoms with Crippen molar-refractivity contribution < 1.29 is 4.74 Å². The molecule has 0 amide bonds. The van der Waals surface area contributed by atoms with Crippen LogP contribution in [0.25, 0.3) is 11.3 Å². The van der Waals surface area contributed by atoms with E-state index in [4.69, 9.17) is 27.9 Å². The summed E-state index contributed by atoms with van der Waals surface area (Å²) in [4.78, 5) is 10.6. The van der Waals surface area contributed by atoms with Crippen molar-refractivity contribution in [1.29, 1.82) is 0 Å². The lowest BCUT2D eigenvalue weighted by atomic mass is 10.1. The smallest absolute Gasteiger partial charge is 0.228 e. The van der Waals surface area contributed by atoms with Gasteiger partial charge in [0.25, 0.3) is 0 Å². The number of halogens is 2. The molecule has 2 aliphatic rings. The molecule has 5 rings (SSSR count). The van der Waals surface area contributed by atoms with Crippen molar-refractivity contribution in [2.24, 2.45) is 0 Å². The summed E-state index contributed by atoms with van der Waals surface area (Å²) in [5, 5.41) is 9.45. The van der Waals surface area contributed by atoms with Gasteiger partial charge < -0.3 is 9.64 Å². The molecule has 3 aromatic rings. The van der Waals surface area contributed by atoms with Crippen molar-refractivity contribution in [3.8, 4) is 11.3 Å². The molecule has 1 aromatic carbocycles. The fourth-order valence-corrected chi connectivity index (χ4v) is 3.97. The van der Waals surface area contributed by atoms with Gasteiger partial charge in [0.1, 0.15) is 16.0 Å². The van der Waals surface area contributed by atoms with E-state index in [9.17, 15) is 0 Å². The molecular formula is C17H14Cl2N6O. The van der Waals surface area contributed by atoms with Crippen molar-refractivity contribution in [1.82, 2.24) is 25.0 Å². The Morgan fingerprint density at radius 1 is 1.04 bits per heavy atom. The van der Waals surface area contributed by atoms with Crippen molar-refractivity contribution in [3.63, 3.8) is 0 Å². The molecule has 26 heavy (non-hydrogen) atoms. The first-order valence-electron chi connectivity index (χ1n) is 8.25. The number of rotatable bonds is 2. The Bertz CT molecular complexity index is 943. The highest BCUT2D eigenvalue weighted by molar-refractivity contribution is 6.33. The van der Waals surface area contributed by atoms with Gasteiger partial charge >= 0.3 is 0 Å². The van der Waals surface area contributed by atoms with Crippen LogP contribution in [0.15, 0.2) is 36.4 Å². The van der Waals surface area contributed by atoms with Crippen molar-refractivity contribution in [2.75, 3.05) is 18.0 Å². The van der Waals surface area contributed by atoms with Gasteiger partial charge in [-0.1, -0.05) is 58.7 Å². The molecule has 9 heteroatoms.